The van der Waals surface area contributed by atoms with E-state index in [2.05, 4.69) is 31.6 Å². The van der Waals surface area contributed by atoms with Gasteiger partial charge in [0.2, 0.25) is 0 Å². The Morgan fingerprint density at radius 1 is 1.38 bits per heavy atom. The van der Waals surface area contributed by atoms with Crippen molar-refractivity contribution in [2.75, 3.05) is 6.61 Å². The monoisotopic (exact) mass is 366 g/mol. The van der Waals surface area contributed by atoms with E-state index in [4.69, 9.17) is 10.2 Å². The van der Waals surface area contributed by atoms with Crippen molar-refractivity contribution in [3.63, 3.8) is 0 Å². The molecule has 1 fully saturated rings. The number of esters is 1. The van der Waals surface area contributed by atoms with E-state index in [1.165, 1.54) is 24.8 Å². The van der Waals surface area contributed by atoms with Gasteiger partial charge in [0.05, 0.1) is 18.4 Å². The Balaban J connectivity index is 0.000000220. The minimum atomic E-state index is -1.14. The average Bonchev–Trinajstić information content (AvgIpc) is 3.04. The molecule has 0 aromatic carbocycles. The number of rotatable bonds is 1. The number of aliphatic hydroxyl groups excluding tert-OH is 2. The van der Waals surface area contributed by atoms with Crippen molar-refractivity contribution in [1.29, 1.82) is 0 Å². The first-order valence-corrected chi connectivity index (χ1v) is 8.86. The minimum Gasteiger partial charge on any atom is -0.515 e. The van der Waals surface area contributed by atoms with Crippen LogP contribution in [0.25, 0.3) is 0 Å². The minimum absolute atomic E-state index is 0.120. The highest BCUT2D eigenvalue weighted by molar-refractivity contribution is 5.89. The van der Waals surface area contributed by atoms with Crippen LogP contribution in [0.2, 0.25) is 0 Å². The van der Waals surface area contributed by atoms with Crippen LogP contribution >= 0.6 is 0 Å². The molecular formula is C20H30O6. The number of aliphatic carboxylic acids is 1. The zero-order chi connectivity index (χ0) is 19.9. The van der Waals surface area contributed by atoms with Crippen LogP contribution in [0.4, 0.5) is 0 Å². The van der Waals surface area contributed by atoms with Gasteiger partial charge in [-0.05, 0) is 37.7 Å². The van der Waals surface area contributed by atoms with E-state index in [1.54, 1.807) is 13.0 Å². The number of carboxylic acids is 1. The first-order valence-electron chi connectivity index (χ1n) is 8.86. The van der Waals surface area contributed by atoms with Crippen LogP contribution in [-0.4, -0.2) is 40.0 Å². The van der Waals surface area contributed by atoms with Crippen LogP contribution in [0.1, 0.15) is 47.0 Å². The molecule has 6 nitrogen and oxygen atoms in total. The normalized spacial score (nSPS) is 28.7. The Bertz CT molecular complexity index is 599. The fraction of sp³-hybridized carbons (Fsp3) is 0.600. The zero-order valence-electron chi connectivity index (χ0n) is 15.9. The van der Waals surface area contributed by atoms with E-state index >= 15 is 0 Å². The van der Waals surface area contributed by atoms with Crippen molar-refractivity contribution >= 4 is 11.9 Å². The van der Waals surface area contributed by atoms with Gasteiger partial charge in [0, 0.05) is 17.4 Å². The SMILES string of the molecule is CC1=CCOC1=O.CC1C=C2CCCC(C)(C)C2[C@@H]1O.O=C(O)/C=C/O. The molecule has 146 valence electrons. The summed E-state index contributed by atoms with van der Waals surface area (Å²) in [6.07, 6.45) is 8.84. The maximum Gasteiger partial charge on any atom is 0.333 e. The van der Waals surface area contributed by atoms with E-state index in [9.17, 15) is 14.7 Å². The Labute approximate surface area is 154 Å². The standard InChI is InChI=1S/C12H20O.C5H6O2.C3H4O3/c1-8-7-9-5-4-6-12(2,3)10(9)11(8)13;1-4-2-3-7-5(4)6;4-2-1-3(5)6/h7-8,10-11,13H,4-6H2,1-3H3;2H,3H2,1H3;1-2,4H,(H,5,6)/b;;2-1+/t8?,10?,11-;;/m1../s1. The molecule has 3 N–H and O–H groups in total. The summed E-state index contributed by atoms with van der Waals surface area (Å²) in [5.74, 6) is -0.508. The molecular weight excluding hydrogens is 336 g/mol. The Morgan fingerprint density at radius 2 is 2.04 bits per heavy atom. The number of hydrogen-bond acceptors (Lipinski definition) is 5. The van der Waals surface area contributed by atoms with Gasteiger partial charge in [-0.3, -0.25) is 0 Å². The lowest BCUT2D eigenvalue weighted by molar-refractivity contribution is -0.136. The largest absolute Gasteiger partial charge is 0.515 e. The highest BCUT2D eigenvalue weighted by atomic mass is 16.5. The number of carbonyl (C=O) groups is 2. The van der Waals surface area contributed by atoms with Crippen LogP contribution in [0, 0.1) is 17.3 Å². The number of cyclic esters (lactones) is 1. The average molecular weight is 366 g/mol. The van der Waals surface area contributed by atoms with Crippen molar-refractivity contribution in [1.82, 2.24) is 0 Å². The molecule has 1 saturated carbocycles. The maximum atomic E-state index is 10.3. The van der Waals surface area contributed by atoms with Gasteiger partial charge in [0.1, 0.15) is 6.61 Å². The number of carbonyl (C=O) groups excluding carboxylic acids is 1. The molecule has 0 amide bonds. The van der Waals surface area contributed by atoms with E-state index in [0.29, 0.717) is 36.2 Å². The van der Waals surface area contributed by atoms with Crippen LogP contribution in [0.15, 0.2) is 35.6 Å². The summed E-state index contributed by atoms with van der Waals surface area (Å²) >= 11 is 0. The van der Waals surface area contributed by atoms with Crippen molar-refractivity contribution in [2.45, 2.75) is 53.1 Å². The van der Waals surface area contributed by atoms with Gasteiger partial charge in [-0.2, -0.15) is 0 Å². The smallest absolute Gasteiger partial charge is 0.333 e. The van der Waals surface area contributed by atoms with Crippen molar-refractivity contribution in [3.8, 4) is 0 Å². The molecule has 0 radical (unpaired) electrons. The fourth-order valence-corrected chi connectivity index (χ4v) is 3.67. The maximum absolute atomic E-state index is 10.3. The zero-order valence-corrected chi connectivity index (χ0v) is 15.9. The summed E-state index contributed by atoms with van der Waals surface area (Å²) in [5.41, 5.74) is 2.56. The molecule has 1 heterocycles. The van der Waals surface area contributed by atoms with Gasteiger partial charge in [0.25, 0.3) is 0 Å². The molecule has 2 unspecified atom stereocenters. The summed E-state index contributed by atoms with van der Waals surface area (Å²) in [6, 6.07) is 0. The highest BCUT2D eigenvalue weighted by Gasteiger charge is 2.44. The molecule has 0 bridgehead atoms. The van der Waals surface area contributed by atoms with Gasteiger partial charge in [-0.15, -0.1) is 0 Å². The second kappa shape index (κ2) is 9.57. The quantitative estimate of drug-likeness (QED) is 0.284. The van der Waals surface area contributed by atoms with Gasteiger partial charge in [-0.25, -0.2) is 9.59 Å². The first kappa shape index (κ1) is 22.0. The van der Waals surface area contributed by atoms with Crippen LogP contribution in [0.3, 0.4) is 0 Å². The molecule has 3 aliphatic rings. The molecule has 0 saturated heterocycles. The lowest BCUT2D eigenvalue weighted by Gasteiger charge is -2.40. The Morgan fingerprint density at radius 3 is 2.38 bits per heavy atom. The van der Waals surface area contributed by atoms with Crippen molar-refractivity contribution in [3.05, 3.63) is 35.6 Å². The Kier molecular flexibility index (Phi) is 8.08. The third kappa shape index (κ3) is 6.02. The summed E-state index contributed by atoms with van der Waals surface area (Å²) < 4.78 is 4.53. The number of carboxylic acid groups (broad SMARTS) is 1. The molecule has 26 heavy (non-hydrogen) atoms. The molecule has 6 heteroatoms. The number of hydrogen-bond donors (Lipinski definition) is 3. The summed E-state index contributed by atoms with van der Waals surface area (Å²) in [4.78, 5) is 19.6. The highest BCUT2D eigenvalue weighted by Crippen LogP contribution is 2.50. The third-order valence-electron chi connectivity index (χ3n) is 5.03. The Hall–Kier alpha value is -2.08. The van der Waals surface area contributed by atoms with Crippen molar-refractivity contribution in [2.24, 2.45) is 17.3 Å². The van der Waals surface area contributed by atoms with Gasteiger partial charge < -0.3 is 20.1 Å². The van der Waals surface area contributed by atoms with Crippen LogP contribution < -0.4 is 0 Å². The van der Waals surface area contributed by atoms with E-state index in [-0.39, 0.29) is 12.1 Å². The predicted molar refractivity (Wildman–Crippen MR) is 98.5 cm³/mol. The van der Waals surface area contributed by atoms with E-state index in [0.717, 1.165) is 5.57 Å². The predicted octanol–water partition coefficient (Wildman–Crippen LogP) is 3.38. The summed E-state index contributed by atoms with van der Waals surface area (Å²) in [5, 5.41) is 25.4. The van der Waals surface area contributed by atoms with E-state index in [1.807, 2.05) is 0 Å². The van der Waals surface area contributed by atoms with Crippen LogP contribution in [-0.2, 0) is 14.3 Å². The van der Waals surface area contributed by atoms with Crippen molar-refractivity contribution < 1.29 is 29.6 Å². The lowest BCUT2D eigenvalue weighted by Crippen LogP contribution is -2.36. The second-order valence-corrected chi connectivity index (χ2v) is 7.55. The molecule has 1 aliphatic heterocycles. The third-order valence-corrected chi connectivity index (χ3v) is 5.03. The lowest BCUT2D eigenvalue weighted by atomic mass is 9.66. The summed E-state index contributed by atoms with van der Waals surface area (Å²) in [7, 11) is 0. The number of aliphatic hydroxyl groups is 2. The number of ether oxygens (including phenoxy) is 1. The first-order chi connectivity index (χ1) is 12.1. The molecule has 2 aliphatic carbocycles. The van der Waals surface area contributed by atoms with Gasteiger partial charge >= 0.3 is 11.9 Å². The molecule has 0 spiro atoms. The molecule has 0 aromatic heterocycles. The topological polar surface area (TPSA) is 104 Å². The molecule has 0 aromatic rings. The van der Waals surface area contributed by atoms with E-state index < -0.39 is 5.97 Å². The van der Waals surface area contributed by atoms with Gasteiger partial charge in [0.15, 0.2) is 0 Å². The fourth-order valence-electron chi connectivity index (χ4n) is 3.67. The second-order valence-electron chi connectivity index (χ2n) is 7.55. The molecule has 3 rings (SSSR count). The number of fused-ring (bicyclic) bond motifs is 1. The van der Waals surface area contributed by atoms with Gasteiger partial charge in [-0.1, -0.05) is 32.4 Å². The van der Waals surface area contributed by atoms with Crippen LogP contribution in [0.5, 0.6) is 0 Å². The summed E-state index contributed by atoms with van der Waals surface area (Å²) in [6.45, 7) is 8.93. The molecule has 3 atom stereocenters.